The van der Waals surface area contributed by atoms with Gasteiger partial charge in [0.1, 0.15) is 6.04 Å². The number of aliphatic carboxylic acids is 1. The second-order valence-corrected chi connectivity index (χ2v) is 4.22. The van der Waals surface area contributed by atoms with Gasteiger partial charge in [0.15, 0.2) is 0 Å². The van der Waals surface area contributed by atoms with Crippen molar-refractivity contribution in [2.24, 2.45) is 11.7 Å². The largest absolute Gasteiger partial charge is 0.480 e. The van der Waals surface area contributed by atoms with Crippen LogP contribution in [0.15, 0.2) is 6.20 Å². The molecule has 1 aliphatic heterocycles. The van der Waals surface area contributed by atoms with Crippen molar-refractivity contribution in [3.63, 3.8) is 0 Å². The van der Waals surface area contributed by atoms with Crippen LogP contribution in [0.4, 0.5) is 0 Å². The number of rotatable bonds is 3. The number of aromatic nitrogens is 2. The van der Waals surface area contributed by atoms with Crippen LogP contribution in [0.25, 0.3) is 0 Å². The maximum absolute atomic E-state index is 10.7. The van der Waals surface area contributed by atoms with Crippen LogP contribution in [0.1, 0.15) is 12.5 Å². The number of ether oxygens (including phenoxy) is 1. The molecule has 88 valence electrons. The predicted octanol–water partition coefficient (Wildman–Crippen LogP) is -0.134. The highest BCUT2D eigenvalue weighted by molar-refractivity contribution is 5.73. The van der Waals surface area contributed by atoms with E-state index < -0.39 is 12.0 Å². The lowest BCUT2D eigenvalue weighted by Gasteiger charge is -2.21. The third kappa shape index (κ3) is 2.01. The third-order valence-corrected chi connectivity index (χ3v) is 2.61. The fraction of sp³-hybridized carbons (Fsp3) is 0.600. The lowest BCUT2D eigenvalue weighted by Crippen LogP contribution is -2.32. The van der Waals surface area contributed by atoms with Crippen LogP contribution < -0.4 is 10.5 Å². The first-order valence-corrected chi connectivity index (χ1v) is 5.23. The molecule has 2 rings (SSSR count). The number of nitrogens with zero attached hydrogens (tertiary/aromatic N) is 2. The van der Waals surface area contributed by atoms with Crippen LogP contribution in [0, 0.1) is 5.92 Å². The van der Waals surface area contributed by atoms with Gasteiger partial charge >= 0.3 is 5.97 Å². The van der Waals surface area contributed by atoms with Crippen molar-refractivity contribution >= 4 is 5.97 Å². The quantitative estimate of drug-likeness (QED) is 0.747. The zero-order valence-corrected chi connectivity index (χ0v) is 9.09. The number of carbonyl (C=O) groups is 1. The lowest BCUT2D eigenvalue weighted by atomic mass is 10.1. The molecule has 2 atom stereocenters. The van der Waals surface area contributed by atoms with E-state index in [0.717, 1.165) is 12.1 Å². The maximum Gasteiger partial charge on any atom is 0.320 e. The average molecular weight is 225 g/mol. The topological polar surface area (TPSA) is 90.4 Å². The van der Waals surface area contributed by atoms with E-state index in [1.165, 1.54) is 0 Å². The molecule has 0 aromatic carbocycles. The Morgan fingerprint density at radius 3 is 3.31 bits per heavy atom. The molecular weight excluding hydrogens is 210 g/mol. The highest BCUT2D eigenvalue weighted by Crippen LogP contribution is 2.25. The van der Waals surface area contributed by atoms with Gasteiger partial charge in [0.05, 0.1) is 19.3 Å². The summed E-state index contributed by atoms with van der Waals surface area (Å²) in [6.07, 6.45) is 1.88. The number of hydrogen-bond acceptors (Lipinski definition) is 4. The summed E-state index contributed by atoms with van der Waals surface area (Å²) in [7, 11) is 0. The fourth-order valence-corrected chi connectivity index (χ4v) is 1.74. The molecule has 0 aliphatic carbocycles. The Bertz CT molecular complexity index is 402. The van der Waals surface area contributed by atoms with Crippen LogP contribution >= 0.6 is 0 Å². The van der Waals surface area contributed by atoms with Gasteiger partial charge in [-0.05, 0) is 0 Å². The summed E-state index contributed by atoms with van der Waals surface area (Å²) in [5, 5.41) is 12.9. The van der Waals surface area contributed by atoms with Gasteiger partial charge < -0.3 is 15.6 Å². The van der Waals surface area contributed by atoms with Gasteiger partial charge in [-0.3, -0.25) is 4.79 Å². The summed E-state index contributed by atoms with van der Waals surface area (Å²) in [4.78, 5) is 10.7. The van der Waals surface area contributed by atoms with Crippen molar-refractivity contribution in [2.75, 3.05) is 6.61 Å². The Morgan fingerprint density at radius 1 is 1.88 bits per heavy atom. The molecule has 0 saturated heterocycles. The predicted molar refractivity (Wildman–Crippen MR) is 56.2 cm³/mol. The molecule has 6 heteroatoms. The third-order valence-electron chi connectivity index (χ3n) is 2.61. The van der Waals surface area contributed by atoms with Crippen LogP contribution in [0.3, 0.4) is 0 Å². The van der Waals surface area contributed by atoms with E-state index in [0.29, 0.717) is 18.4 Å². The minimum atomic E-state index is -1.01. The first-order valence-electron chi connectivity index (χ1n) is 5.23. The highest BCUT2D eigenvalue weighted by atomic mass is 16.5. The second-order valence-electron chi connectivity index (χ2n) is 4.22. The summed E-state index contributed by atoms with van der Waals surface area (Å²) < 4.78 is 7.30. The molecule has 0 radical (unpaired) electrons. The smallest absolute Gasteiger partial charge is 0.320 e. The van der Waals surface area contributed by atoms with Crippen LogP contribution in [0.5, 0.6) is 5.88 Å². The van der Waals surface area contributed by atoms with E-state index in [4.69, 9.17) is 15.6 Å². The molecule has 2 heterocycles. The van der Waals surface area contributed by atoms with E-state index >= 15 is 0 Å². The van der Waals surface area contributed by atoms with Crippen LogP contribution in [-0.4, -0.2) is 33.5 Å². The first kappa shape index (κ1) is 10.9. The van der Waals surface area contributed by atoms with Gasteiger partial charge in [0.2, 0.25) is 5.88 Å². The summed E-state index contributed by atoms with van der Waals surface area (Å²) in [5.74, 6) is 0.0762. The molecule has 0 amide bonds. The molecule has 0 fully saturated rings. The van der Waals surface area contributed by atoms with Gasteiger partial charge in [-0.1, -0.05) is 6.92 Å². The minimum absolute atomic E-state index is 0.249. The second kappa shape index (κ2) is 4.13. The molecule has 1 aromatic heterocycles. The average Bonchev–Trinajstić information content (AvgIpc) is 2.60. The molecule has 0 unspecified atom stereocenters. The molecule has 6 nitrogen and oxygen atoms in total. The number of hydrogen-bond donors (Lipinski definition) is 2. The Labute approximate surface area is 93.0 Å². The van der Waals surface area contributed by atoms with Crippen molar-refractivity contribution in [2.45, 2.75) is 25.9 Å². The Hall–Kier alpha value is -1.56. The zero-order valence-electron chi connectivity index (χ0n) is 9.09. The summed E-state index contributed by atoms with van der Waals surface area (Å²) >= 11 is 0. The monoisotopic (exact) mass is 225 g/mol. The Kier molecular flexibility index (Phi) is 2.82. The van der Waals surface area contributed by atoms with Gasteiger partial charge in [-0.25, -0.2) is 4.68 Å². The van der Waals surface area contributed by atoms with Crippen molar-refractivity contribution in [3.8, 4) is 5.88 Å². The Morgan fingerprint density at radius 2 is 2.62 bits per heavy atom. The molecule has 16 heavy (non-hydrogen) atoms. The molecule has 0 spiro atoms. The first-order chi connectivity index (χ1) is 7.58. The number of nitrogens with two attached hydrogens (primary N) is 1. The van der Waals surface area contributed by atoms with E-state index in [9.17, 15) is 4.79 Å². The van der Waals surface area contributed by atoms with E-state index in [1.807, 2.05) is 0 Å². The van der Waals surface area contributed by atoms with Crippen molar-refractivity contribution in [1.29, 1.82) is 0 Å². The SMILES string of the molecule is C[C@@H]1COc2c(C[C@H](N)C(=O)O)cnn2C1. The van der Waals surface area contributed by atoms with Gasteiger partial charge in [-0.15, -0.1) is 0 Å². The van der Waals surface area contributed by atoms with Crippen molar-refractivity contribution < 1.29 is 14.6 Å². The fourth-order valence-electron chi connectivity index (χ4n) is 1.74. The van der Waals surface area contributed by atoms with E-state index in [1.54, 1.807) is 10.9 Å². The minimum Gasteiger partial charge on any atom is -0.480 e. The van der Waals surface area contributed by atoms with Crippen molar-refractivity contribution in [1.82, 2.24) is 9.78 Å². The molecule has 0 saturated carbocycles. The summed E-state index contributed by atoms with van der Waals surface area (Å²) in [6.45, 7) is 3.52. The molecule has 0 bridgehead atoms. The summed E-state index contributed by atoms with van der Waals surface area (Å²) in [6, 6.07) is -0.906. The van der Waals surface area contributed by atoms with Crippen LogP contribution in [0.2, 0.25) is 0 Å². The molecule has 3 N–H and O–H groups in total. The van der Waals surface area contributed by atoms with E-state index in [-0.39, 0.29) is 6.42 Å². The molecule has 1 aliphatic rings. The molecule has 1 aromatic rings. The maximum atomic E-state index is 10.7. The molecular formula is C10H15N3O3. The van der Waals surface area contributed by atoms with Gasteiger partial charge in [0, 0.05) is 17.9 Å². The zero-order chi connectivity index (χ0) is 11.7. The number of carboxylic acids is 1. The summed E-state index contributed by atoms with van der Waals surface area (Å²) in [5.41, 5.74) is 6.24. The standard InChI is InChI=1S/C10H15N3O3/c1-6-4-13-9(16-5-6)7(3-12-13)2-8(11)10(14)15/h3,6,8H,2,4-5,11H2,1H3,(H,14,15)/t6-,8-/m0/s1. The van der Waals surface area contributed by atoms with Crippen molar-refractivity contribution in [3.05, 3.63) is 11.8 Å². The van der Waals surface area contributed by atoms with E-state index in [2.05, 4.69) is 12.0 Å². The number of carboxylic acid groups (broad SMARTS) is 1. The van der Waals surface area contributed by atoms with Gasteiger partial charge in [0.25, 0.3) is 0 Å². The lowest BCUT2D eigenvalue weighted by molar-refractivity contribution is -0.138. The Balaban J connectivity index is 2.15. The number of fused-ring (bicyclic) bond motifs is 1. The highest BCUT2D eigenvalue weighted by Gasteiger charge is 2.23. The van der Waals surface area contributed by atoms with Gasteiger partial charge in [-0.2, -0.15) is 5.10 Å². The normalized spacial score (nSPS) is 21.0. The van der Waals surface area contributed by atoms with Crippen LogP contribution in [-0.2, 0) is 17.8 Å².